The summed E-state index contributed by atoms with van der Waals surface area (Å²) >= 11 is 11.6. The monoisotopic (exact) mass is 674 g/mol. The van der Waals surface area contributed by atoms with Gasteiger partial charge in [0.25, 0.3) is 11.8 Å². The van der Waals surface area contributed by atoms with E-state index in [0.717, 1.165) is 62.8 Å². The van der Waals surface area contributed by atoms with Gasteiger partial charge in [-0.3, -0.25) is 40.2 Å². The van der Waals surface area contributed by atoms with E-state index in [1.165, 1.54) is 0 Å². The van der Waals surface area contributed by atoms with Gasteiger partial charge >= 0.3 is 0 Å². The third kappa shape index (κ3) is 11.1. The number of aromatic nitrogens is 6. The lowest BCUT2D eigenvalue weighted by Gasteiger charge is -2.07. The summed E-state index contributed by atoms with van der Waals surface area (Å²) in [5.74, 6) is -1.97. The lowest BCUT2D eigenvalue weighted by Crippen LogP contribution is -2.38. The number of hydrogen-bond acceptors (Lipinski definition) is 14. The number of aryl methyl sites for hydroxylation is 2. The zero-order valence-corrected chi connectivity index (χ0v) is 26.4. The average Bonchev–Trinajstić information content (AvgIpc) is 3.00. The van der Waals surface area contributed by atoms with E-state index in [-0.39, 0.29) is 56.9 Å². The molecule has 0 aliphatic heterocycles. The summed E-state index contributed by atoms with van der Waals surface area (Å²) in [6.07, 6.45) is 10.2. The summed E-state index contributed by atoms with van der Waals surface area (Å²) in [5, 5.41) is 4.54. The number of anilines is 4. The summed E-state index contributed by atoms with van der Waals surface area (Å²) < 4.78 is 0. The first-order chi connectivity index (χ1) is 21.9. The van der Waals surface area contributed by atoms with Crippen LogP contribution >= 0.6 is 23.2 Å². The summed E-state index contributed by atoms with van der Waals surface area (Å²) in [5.41, 5.74) is 35.3. The highest BCUT2D eigenvalue weighted by Crippen LogP contribution is 2.18. The van der Waals surface area contributed by atoms with E-state index in [1.807, 2.05) is 0 Å². The molecule has 14 N–H and O–H groups in total. The number of nitrogens with two attached hydrogens (primary N) is 6. The van der Waals surface area contributed by atoms with Crippen LogP contribution in [0.3, 0.4) is 0 Å². The number of nitrogens with zero attached hydrogens (tertiary/aromatic N) is 8. The minimum absolute atomic E-state index is 0.0656. The number of carbonyl (C=O) groups is 2. The zero-order chi connectivity index (χ0) is 33.6. The Balaban J connectivity index is 1.26. The van der Waals surface area contributed by atoms with Crippen molar-refractivity contribution in [2.75, 3.05) is 36.0 Å². The topological polar surface area (TPSA) is 316 Å². The molecule has 18 nitrogen and oxygen atoms in total. The van der Waals surface area contributed by atoms with Crippen LogP contribution in [0.4, 0.5) is 23.3 Å². The molecule has 0 aliphatic rings. The fraction of sp³-hybridized carbons (Fsp3) is 0.385. The number of hydrogen-bond donors (Lipinski definition) is 8. The second-order valence-electron chi connectivity index (χ2n) is 9.83. The maximum Gasteiger partial charge on any atom is 0.280 e. The molecule has 0 fully saturated rings. The Hall–Kier alpha value is -5.10. The Bertz CT molecular complexity index is 1470. The molecule has 0 saturated heterocycles. The fourth-order valence-electron chi connectivity index (χ4n) is 3.88. The highest BCUT2D eigenvalue weighted by Gasteiger charge is 2.17. The van der Waals surface area contributed by atoms with Crippen LogP contribution in [-0.2, 0) is 12.8 Å². The molecular weight excluding hydrogens is 639 g/mol. The molecule has 0 aliphatic carbocycles. The van der Waals surface area contributed by atoms with Gasteiger partial charge < -0.3 is 34.4 Å². The van der Waals surface area contributed by atoms with Crippen LogP contribution in [0.1, 0.15) is 70.9 Å². The van der Waals surface area contributed by atoms with E-state index >= 15 is 0 Å². The van der Waals surface area contributed by atoms with Crippen molar-refractivity contribution in [3.8, 4) is 0 Å². The van der Waals surface area contributed by atoms with Crippen LogP contribution < -0.4 is 45.0 Å². The van der Waals surface area contributed by atoms with Crippen molar-refractivity contribution in [2.45, 2.75) is 51.4 Å². The first kappa shape index (κ1) is 35.4. The largest absolute Gasteiger partial charge is 0.382 e. The van der Waals surface area contributed by atoms with Gasteiger partial charge in [-0.05, 0) is 38.5 Å². The van der Waals surface area contributed by atoms with Crippen molar-refractivity contribution in [2.24, 2.45) is 21.5 Å². The standard InChI is InChI=1S/C26H36Cl2N16O2/c27-17-21(31)41-19(29)15(39-17)23(45)43-25(33)35-9-5-1-3-7-13-11-38-14(12-37-13)8-4-2-6-10-36-26(34)44-24(46)16-20(30)42-22(32)18(28)40-16/h11-12H,1-10H2,(H4,29,31,41)(H4,30,32,42)(H3,33,35,43,45)(H3,34,36,44,46). The van der Waals surface area contributed by atoms with Crippen molar-refractivity contribution >= 4 is 70.2 Å². The lowest BCUT2D eigenvalue weighted by molar-refractivity contribution is 0.0964. The number of nitrogen functional groups attached to an aromatic ring is 4. The number of unbranched alkanes of at least 4 members (excludes halogenated alkanes) is 4. The number of rotatable bonds is 14. The molecule has 3 heterocycles. The van der Waals surface area contributed by atoms with Gasteiger partial charge in [0.1, 0.15) is 0 Å². The molecule has 3 aromatic heterocycles. The van der Waals surface area contributed by atoms with Crippen molar-refractivity contribution in [3.05, 3.63) is 45.5 Å². The number of guanidine groups is 2. The highest BCUT2D eigenvalue weighted by molar-refractivity contribution is 6.32. The molecule has 0 aromatic carbocycles. The summed E-state index contributed by atoms with van der Waals surface area (Å²) in [7, 11) is 0. The van der Waals surface area contributed by atoms with Crippen LogP contribution in [0.2, 0.25) is 10.3 Å². The van der Waals surface area contributed by atoms with E-state index in [1.54, 1.807) is 12.4 Å². The predicted octanol–water partition coefficient (Wildman–Crippen LogP) is 0.607. The van der Waals surface area contributed by atoms with Gasteiger partial charge in [-0.1, -0.05) is 36.0 Å². The Morgan fingerprint density at radius 3 is 1.37 bits per heavy atom. The number of carbonyl (C=O) groups excluding carboxylic acids is 2. The molecular formula is C26H36Cl2N16O2. The number of nitrogens with one attached hydrogen (secondary N) is 2. The molecule has 0 radical (unpaired) electrons. The van der Waals surface area contributed by atoms with Crippen LogP contribution in [-0.4, -0.2) is 66.7 Å². The van der Waals surface area contributed by atoms with Crippen LogP contribution in [0.25, 0.3) is 0 Å². The predicted molar refractivity (Wildman–Crippen MR) is 177 cm³/mol. The number of halogens is 2. The Kier molecular flexibility index (Phi) is 13.4. The molecule has 0 unspecified atom stereocenters. The van der Waals surface area contributed by atoms with Gasteiger partial charge in [0, 0.05) is 25.5 Å². The summed E-state index contributed by atoms with van der Waals surface area (Å²) in [4.78, 5) is 57.0. The lowest BCUT2D eigenvalue weighted by atomic mass is 10.1. The number of aliphatic imine (C=N–C) groups is 2. The maximum absolute atomic E-state index is 12.3. The smallest absolute Gasteiger partial charge is 0.280 e. The number of amides is 2. The van der Waals surface area contributed by atoms with Crippen molar-refractivity contribution < 1.29 is 9.59 Å². The third-order valence-corrected chi connectivity index (χ3v) is 6.78. The van der Waals surface area contributed by atoms with E-state index in [4.69, 9.17) is 57.6 Å². The molecule has 3 rings (SSSR count). The molecule has 0 atom stereocenters. The van der Waals surface area contributed by atoms with E-state index in [9.17, 15) is 9.59 Å². The SMILES string of the molecule is NC(=NCCCCCc1cnc(CCCCCN=C(N)NC(=O)c2nc(Cl)c(N)nc2N)cn1)NC(=O)c1nc(Cl)c(N)nc1N. The van der Waals surface area contributed by atoms with E-state index < -0.39 is 11.8 Å². The van der Waals surface area contributed by atoms with Crippen LogP contribution in [0, 0.1) is 0 Å². The normalized spacial score (nSPS) is 11.8. The van der Waals surface area contributed by atoms with E-state index in [0.29, 0.717) is 13.1 Å². The van der Waals surface area contributed by atoms with Crippen molar-refractivity contribution in [1.82, 2.24) is 40.5 Å². The molecule has 3 aromatic rings. The van der Waals surface area contributed by atoms with Gasteiger partial charge in [-0.2, -0.15) is 0 Å². The Morgan fingerprint density at radius 2 is 1.00 bits per heavy atom. The van der Waals surface area contributed by atoms with Gasteiger partial charge in [0.05, 0.1) is 11.4 Å². The first-order valence-electron chi connectivity index (χ1n) is 14.1. The van der Waals surface area contributed by atoms with Gasteiger partial charge in [-0.25, -0.2) is 19.9 Å². The van der Waals surface area contributed by atoms with Crippen molar-refractivity contribution in [3.63, 3.8) is 0 Å². The molecule has 246 valence electrons. The van der Waals surface area contributed by atoms with E-state index in [2.05, 4.69) is 50.5 Å². The quantitative estimate of drug-likeness (QED) is 0.0659. The maximum atomic E-state index is 12.3. The highest BCUT2D eigenvalue weighted by atomic mass is 35.5. The second kappa shape index (κ2) is 17.4. The minimum atomic E-state index is -0.683. The van der Waals surface area contributed by atoms with Gasteiger partial charge in [-0.15, -0.1) is 0 Å². The third-order valence-electron chi connectivity index (χ3n) is 6.23. The molecule has 2 amide bonds. The molecule has 20 heteroatoms. The van der Waals surface area contributed by atoms with Crippen LogP contribution in [0.15, 0.2) is 22.4 Å². The summed E-state index contributed by atoms with van der Waals surface area (Å²) in [6.45, 7) is 0.854. The molecule has 0 spiro atoms. The Labute approximate surface area is 274 Å². The Morgan fingerprint density at radius 1 is 0.609 bits per heavy atom. The molecule has 46 heavy (non-hydrogen) atoms. The second-order valence-corrected chi connectivity index (χ2v) is 10.5. The minimum Gasteiger partial charge on any atom is -0.382 e. The average molecular weight is 676 g/mol. The zero-order valence-electron chi connectivity index (χ0n) is 24.8. The van der Waals surface area contributed by atoms with Crippen LogP contribution in [0.5, 0.6) is 0 Å². The first-order valence-corrected chi connectivity index (χ1v) is 14.9. The molecule has 0 bridgehead atoms. The van der Waals surface area contributed by atoms with Gasteiger partial charge in [0.15, 0.2) is 56.9 Å². The molecule has 0 saturated carbocycles. The fourth-order valence-corrected chi connectivity index (χ4v) is 4.13. The summed E-state index contributed by atoms with van der Waals surface area (Å²) in [6, 6.07) is 0. The van der Waals surface area contributed by atoms with Crippen molar-refractivity contribution in [1.29, 1.82) is 0 Å². The van der Waals surface area contributed by atoms with Gasteiger partial charge in [0.2, 0.25) is 0 Å².